The van der Waals surface area contributed by atoms with Gasteiger partial charge >= 0.3 is 0 Å². The van der Waals surface area contributed by atoms with Gasteiger partial charge in [0.2, 0.25) is 0 Å². The molecule has 0 bridgehead atoms. The fourth-order valence-electron chi connectivity index (χ4n) is 3.05. The first-order chi connectivity index (χ1) is 13.5. The van der Waals surface area contributed by atoms with Crippen molar-refractivity contribution in [3.63, 3.8) is 0 Å². The van der Waals surface area contributed by atoms with Crippen LogP contribution >= 0.6 is 0 Å². The molecule has 3 aromatic rings. The van der Waals surface area contributed by atoms with Crippen molar-refractivity contribution in [3.8, 4) is 0 Å². The van der Waals surface area contributed by atoms with E-state index in [0.717, 1.165) is 11.4 Å². The molecule has 0 saturated heterocycles. The third-order valence-electron chi connectivity index (χ3n) is 4.81. The van der Waals surface area contributed by atoms with E-state index in [1.165, 1.54) is 11.1 Å². The minimum absolute atomic E-state index is 0.00296. The van der Waals surface area contributed by atoms with Crippen LogP contribution in [0, 0.1) is 6.92 Å². The second kappa shape index (κ2) is 9.18. The van der Waals surface area contributed by atoms with E-state index in [4.69, 9.17) is 0 Å². The normalized spacial score (nSPS) is 10.7. The number of carbonyl (C=O) groups is 1. The van der Waals surface area contributed by atoms with E-state index >= 15 is 0 Å². The number of rotatable bonds is 7. The summed E-state index contributed by atoms with van der Waals surface area (Å²) >= 11 is 0. The standard InChI is InChI=1S/C24H27N3O/c1-18(2)27(17-20-10-5-4-6-11-20)24(28)22-13-14-23(26-16-22)25-15-21-12-8-7-9-19(21)3/h4-14,16,18H,15,17H2,1-3H3,(H,25,26). The molecule has 0 saturated carbocycles. The summed E-state index contributed by atoms with van der Waals surface area (Å²) in [5, 5.41) is 3.32. The monoisotopic (exact) mass is 373 g/mol. The summed E-state index contributed by atoms with van der Waals surface area (Å²) in [6, 6.07) is 22.1. The van der Waals surface area contributed by atoms with Gasteiger partial charge in [0.25, 0.3) is 5.91 Å². The molecular formula is C24H27N3O. The van der Waals surface area contributed by atoms with Crippen LogP contribution in [0.5, 0.6) is 0 Å². The first-order valence-electron chi connectivity index (χ1n) is 9.64. The molecular weight excluding hydrogens is 346 g/mol. The van der Waals surface area contributed by atoms with E-state index in [9.17, 15) is 4.79 Å². The van der Waals surface area contributed by atoms with Crippen molar-refractivity contribution in [1.29, 1.82) is 0 Å². The Morgan fingerprint density at radius 2 is 1.71 bits per heavy atom. The van der Waals surface area contributed by atoms with Gasteiger partial charge in [0.15, 0.2) is 0 Å². The molecule has 1 aromatic heterocycles. The number of pyridine rings is 1. The van der Waals surface area contributed by atoms with Gasteiger partial charge in [-0.1, -0.05) is 54.6 Å². The minimum atomic E-state index is -0.00296. The van der Waals surface area contributed by atoms with Crippen LogP contribution in [0.1, 0.15) is 40.9 Å². The van der Waals surface area contributed by atoms with Crippen molar-refractivity contribution in [2.45, 2.75) is 39.9 Å². The Hall–Kier alpha value is -3.14. The molecule has 0 radical (unpaired) electrons. The van der Waals surface area contributed by atoms with Gasteiger partial charge in [-0.3, -0.25) is 4.79 Å². The maximum atomic E-state index is 13.0. The third kappa shape index (κ3) is 4.97. The Kier molecular flexibility index (Phi) is 6.43. The predicted octanol–water partition coefficient (Wildman–Crippen LogP) is 5.05. The molecule has 28 heavy (non-hydrogen) atoms. The van der Waals surface area contributed by atoms with Crippen LogP contribution in [0.15, 0.2) is 72.9 Å². The highest BCUT2D eigenvalue weighted by molar-refractivity contribution is 5.94. The second-order valence-corrected chi connectivity index (χ2v) is 7.22. The molecule has 1 heterocycles. The summed E-state index contributed by atoms with van der Waals surface area (Å²) in [6.07, 6.45) is 1.66. The third-order valence-corrected chi connectivity index (χ3v) is 4.81. The zero-order valence-electron chi connectivity index (χ0n) is 16.7. The van der Waals surface area contributed by atoms with Crippen LogP contribution in [0.2, 0.25) is 0 Å². The number of amides is 1. The van der Waals surface area contributed by atoms with E-state index < -0.39 is 0 Å². The first kappa shape index (κ1) is 19.6. The van der Waals surface area contributed by atoms with Gasteiger partial charge in [0.05, 0.1) is 5.56 Å². The molecule has 0 spiro atoms. The molecule has 1 N–H and O–H groups in total. The number of carbonyl (C=O) groups excluding carboxylic acids is 1. The second-order valence-electron chi connectivity index (χ2n) is 7.22. The van der Waals surface area contributed by atoms with Crippen molar-refractivity contribution >= 4 is 11.7 Å². The number of aryl methyl sites for hydroxylation is 1. The molecule has 2 aromatic carbocycles. The summed E-state index contributed by atoms with van der Waals surface area (Å²) in [5.74, 6) is 0.760. The number of benzene rings is 2. The minimum Gasteiger partial charge on any atom is -0.366 e. The Bertz CT molecular complexity index is 905. The highest BCUT2D eigenvalue weighted by Crippen LogP contribution is 2.15. The highest BCUT2D eigenvalue weighted by atomic mass is 16.2. The fraction of sp³-hybridized carbons (Fsp3) is 0.250. The van der Waals surface area contributed by atoms with Crippen molar-refractivity contribution in [1.82, 2.24) is 9.88 Å². The number of nitrogens with zero attached hydrogens (tertiary/aromatic N) is 2. The molecule has 0 aliphatic carbocycles. The maximum Gasteiger partial charge on any atom is 0.255 e. The predicted molar refractivity (Wildman–Crippen MR) is 114 cm³/mol. The SMILES string of the molecule is Cc1ccccc1CNc1ccc(C(=O)N(Cc2ccccc2)C(C)C)cn1. The number of hydrogen-bond acceptors (Lipinski definition) is 3. The molecule has 0 aliphatic rings. The Morgan fingerprint density at radius 3 is 2.36 bits per heavy atom. The molecule has 1 amide bonds. The van der Waals surface area contributed by atoms with Crippen LogP contribution in [0.3, 0.4) is 0 Å². The Balaban J connectivity index is 1.67. The van der Waals surface area contributed by atoms with Crippen molar-refractivity contribution < 1.29 is 4.79 Å². The lowest BCUT2D eigenvalue weighted by molar-refractivity contribution is 0.0690. The van der Waals surface area contributed by atoms with Crippen molar-refractivity contribution in [2.75, 3.05) is 5.32 Å². The number of aromatic nitrogens is 1. The van der Waals surface area contributed by atoms with E-state index in [1.54, 1.807) is 6.20 Å². The number of nitrogens with one attached hydrogen (secondary N) is 1. The van der Waals surface area contributed by atoms with Crippen LogP contribution in [-0.2, 0) is 13.1 Å². The lowest BCUT2D eigenvalue weighted by atomic mass is 10.1. The average molecular weight is 374 g/mol. The summed E-state index contributed by atoms with van der Waals surface area (Å²) in [7, 11) is 0. The topological polar surface area (TPSA) is 45.2 Å². The number of anilines is 1. The average Bonchev–Trinajstić information content (AvgIpc) is 2.72. The summed E-state index contributed by atoms with van der Waals surface area (Å²) in [4.78, 5) is 19.3. The lowest BCUT2D eigenvalue weighted by Crippen LogP contribution is -2.36. The van der Waals surface area contributed by atoms with Crippen molar-refractivity contribution in [2.24, 2.45) is 0 Å². The highest BCUT2D eigenvalue weighted by Gasteiger charge is 2.19. The maximum absolute atomic E-state index is 13.0. The van der Waals surface area contributed by atoms with Gasteiger partial charge in [0, 0.05) is 25.3 Å². The van der Waals surface area contributed by atoms with Crippen LogP contribution in [0.4, 0.5) is 5.82 Å². The van der Waals surface area contributed by atoms with E-state index in [1.807, 2.05) is 73.3 Å². The van der Waals surface area contributed by atoms with E-state index in [-0.39, 0.29) is 11.9 Å². The lowest BCUT2D eigenvalue weighted by Gasteiger charge is -2.27. The molecule has 0 aliphatic heterocycles. The van der Waals surface area contributed by atoms with Gasteiger partial charge in [0.1, 0.15) is 5.82 Å². The zero-order valence-corrected chi connectivity index (χ0v) is 16.7. The van der Waals surface area contributed by atoms with Crippen LogP contribution in [-0.4, -0.2) is 21.8 Å². The van der Waals surface area contributed by atoms with E-state index in [2.05, 4.69) is 29.4 Å². The summed E-state index contributed by atoms with van der Waals surface area (Å²) in [6.45, 7) is 7.46. The van der Waals surface area contributed by atoms with Gasteiger partial charge < -0.3 is 10.2 Å². The Labute approximate surface area is 167 Å². The molecule has 0 unspecified atom stereocenters. The molecule has 144 valence electrons. The zero-order chi connectivity index (χ0) is 19.9. The molecule has 4 nitrogen and oxygen atoms in total. The largest absolute Gasteiger partial charge is 0.366 e. The first-order valence-corrected chi connectivity index (χ1v) is 9.64. The van der Waals surface area contributed by atoms with Gasteiger partial charge in [-0.05, 0) is 49.6 Å². The Morgan fingerprint density at radius 1 is 1.00 bits per heavy atom. The smallest absolute Gasteiger partial charge is 0.255 e. The molecule has 4 heteroatoms. The molecule has 3 rings (SSSR count). The fourth-order valence-corrected chi connectivity index (χ4v) is 3.05. The van der Waals surface area contributed by atoms with Crippen LogP contribution in [0.25, 0.3) is 0 Å². The summed E-state index contributed by atoms with van der Waals surface area (Å²) < 4.78 is 0. The van der Waals surface area contributed by atoms with Gasteiger partial charge in [-0.25, -0.2) is 4.98 Å². The quantitative estimate of drug-likeness (QED) is 0.630. The van der Waals surface area contributed by atoms with Crippen molar-refractivity contribution in [3.05, 3.63) is 95.2 Å². The van der Waals surface area contributed by atoms with E-state index in [0.29, 0.717) is 18.7 Å². The molecule has 0 fully saturated rings. The van der Waals surface area contributed by atoms with Gasteiger partial charge in [-0.2, -0.15) is 0 Å². The molecule has 0 atom stereocenters. The van der Waals surface area contributed by atoms with Gasteiger partial charge in [-0.15, -0.1) is 0 Å². The number of hydrogen-bond donors (Lipinski definition) is 1. The van der Waals surface area contributed by atoms with Crippen LogP contribution < -0.4 is 5.32 Å². The summed E-state index contributed by atoms with van der Waals surface area (Å²) in [5.41, 5.74) is 4.20.